The number of nitrogens with zero attached hydrogens (tertiary/aromatic N) is 2. The third-order valence-corrected chi connectivity index (χ3v) is 4.49. The molecule has 0 saturated heterocycles. The number of benzene rings is 2. The van der Waals surface area contributed by atoms with Crippen molar-refractivity contribution in [1.29, 1.82) is 0 Å². The topological polar surface area (TPSA) is 64.0 Å². The Bertz CT molecular complexity index is 1070. The van der Waals surface area contributed by atoms with E-state index in [1.807, 2.05) is 64.1 Å². The molecule has 0 atom stereocenters. The monoisotopic (exact) mass is 361 g/mol. The minimum atomic E-state index is -0.306. The van der Waals surface area contributed by atoms with Crippen molar-refractivity contribution in [2.75, 3.05) is 5.32 Å². The Kier molecular flexibility index (Phi) is 5.21. The summed E-state index contributed by atoms with van der Waals surface area (Å²) in [6, 6.07) is 15.0. The Balaban J connectivity index is 1.85. The highest BCUT2D eigenvalue weighted by atomic mass is 16.2. The summed E-state index contributed by atoms with van der Waals surface area (Å²) in [5, 5.41) is 7.26. The average molecular weight is 361 g/mol. The SMILES string of the molecule is Cc1ccc(NC(=O)Cn2nc(-c3cc(C)ccc3C)ccc2=O)c(C)c1. The van der Waals surface area contributed by atoms with E-state index in [1.165, 1.54) is 10.7 Å². The Labute approximate surface area is 158 Å². The zero-order chi connectivity index (χ0) is 19.6. The van der Waals surface area contributed by atoms with Crippen LogP contribution in [0.3, 0.4) is 0 Å². The van der Waals surface area contributed by atoms with Gasteiger partial charge >= 0.3 is 0 Å². The van der Waals surface area contributed by atoms with E-state index in [-0.39, 0.29) is 18.0 Å². The van der Waals surface area contributed by atoms with Crippen LogP contribution >= 0.6 is 0 Å². The van der Waals surface area contributed by atoms with Crippen LogP contribution in [0.2, 0.25) is 0 Å². The Hall–Kier alpha value is -3.21. The van der Waals surface area contributed by atoms with Crippen LogP contribution < -0.4 is 10.9 Å². The zero-order valence-electron chi connectivity index (χ0n) is 16.0. The highest BCUT2D eigenvalue weighted by molar-refractivity contribution is 5.91. The van der Waals surface area contributed by atoms with Gasteiger partial charge in [0.15, 0.2) is 0 Å². The molecule has 2 aromatic carbocycles. The van der Waals surface area contributed by atoms with Crippen LogP contribution in [0.15, 0.2) is 53.3 Å². The standard InChI is InChI=1S/C22H23N3O2/c1-14-6-8-19(17(4)11-14)23-21(26)13-25-22(27)10-9-20(24-25)18-12-15(2)5-7-16(18)3/h5-12H,13H2,1-4H3,(H,23,26). The fourth-order valence-electron chi connectivity index (χ4n) is 3.00. The molecule has 1 heterocycles. The maximum Gasteiger partial charge on any atom is 0.267 e. The quantitative estimate of drug-likeness (QED) is 0.769. The van der Waals surface area contributed by atoms with Crippen LogP contribution in [-0.4, -0.2) is 15.7 Å². The van der Waals surface area contributed by atoms with E-state index in [1.54, 1.807) is 6.07 Å². The number of aromatic nitrogens is 2. The van der Waals surface area contributed by atoms with E-state index in [9.17, 15) is 9.59 Å². The summed E-state index contributed by atoms with van der Waals surface area (Å²) in [5.41, 5.74) is 6.36. The lowest BCUT2D eigenvalue weighted by molar-refractivity contribution is -0.117. The van der Waals surface area contributed by atoms with Gasteiger partial charge in [-0.25, -0.2) is 4.68 Å². The van der Waals surface area contributed by atoms with E-state index in [0.717, 1.165) is 33.5 Å². The minimum absolute atomic E-state index is 0.134. The van der Waals surface area contributed by atoms with E-state index in [4.69, 9.17) is 0 Å². The average Bonchev–Trinajstić information content (AvgIpc) is 2.61. The zero-order valence-corrected chi connectivity index (χ0v) is 16.0. The molecule has 0 aliphatic rings. The van der Waals surface area contributed by atoms with Crippen molar-refractivity contribution in [3.63, 3.8) is 0 Å². The van der Waals surface area contributed by atoms with E-state index in [2.05, 4.69) is 10.4 Å². The molecule has 27 heavy (non-hydrogen) atoms. The smallest absolute Gasteiger partial charge is 0.267 e. The fraction of sp³-hybridized carbons (Fsp3) is 0.227. The number of carbonyl (C=O) groups is 1. The predicted octanol–water partition coefficient (Wildman–Crippen LogP) is 3.78. The molecule has 3 rings (SSSR count). The summed E-state index contributed by atoms with van der Waals surface area (Å²) in [7, 11) is 0. The second-order valence-corrected chi connectivity index (χ2v) is 6.90. The van der Waals surface area contributed by atoms with Crippen LogP contribution in [0, 0.1) is 27.7 Å². The van der Waals surface area contributed by atoms with Crippen molar-refractivity contribution in [3.05, 3.63) is 81.1 Å². The first-order chi connectivity index (χ1) is 12.8. The van der Waals surface area contributed by atoms with Gasteiger partial charge in [0, 0.05) is 17.3 Å². The lowest BCUT2D eigenvalue weighted by Crippen LogP contribution is -2.29. The van der Waals surface area contributed by atoms with Crippen LogP contribution in [0.1, 0.15) is 22.3 Å². The largest absolute Gasteiger partial charge is 0.324 e. The molecule has 0 aliphatic heterocycles. The molecule has 5 heteroatoms. The van der Waals surface area contributed by atoms with E-state index in [0.29, 0.717) is 5.69 Å². The molecule has 0 bridgehead atoms. The summed E-state index contributed by atoms with van der Waals surface area (Å²) in [6.45, 7) is 7.81. The first-order valence-corrected chi connectivity index (χ1v) is 8.86. The van der Waals surface area contributed by atoms with Gasteiger partial charge < -0.3 is 5.32 Å². The number of carbonyl (C=O) groups excluding carboxylic acids is 1. The lowest BCUT2D eigenvalue weighted by atomic mass is 10.0. The normalized spacial score (nSPS) is 10.7. The van der Waals surface area contributed by atoms with Gasteiger partial charge in [-0.1, -0.05) is 35.4 Å². The molecule has 0 saturated carbocycles. The number of hydrogen-bond acceptors (Lipinski definition) is 3. The maximum absolute atomic E-state index is 12.4. The number of amides is 1. The molecule has 0 radical (unpaired) electrons. The second-order valence-electron chi connectivity index (χ2n) is 6.90. The lowest BCUT2D eigenvalue weighted by Gasteiger charge is -2.11. The maximum atomic E-state index is 12.4. The molecule has 3 aromatic rings. The van der Waals surface area contributed by atoms with Crippen LogP contribution in [0.25, 0.3) is 11.3 Å². The molecule has 1 N–H and O–H groups in total. The predicted molar refractivity (Wildman–Crippen MR) is 108 cm³/mol. The summed E-state index contributed by atoms with van der Waals surface area (Å²) in [4.78, 5) is 24.6. The van der Waals surface area contributed by atoms with E-state index < -0.39 is 0 Å². The molecule has 1 aromatic heterocycles. The molecule has 1 amide bonds. The van der Waals surface area contributed by atoms with Crippen molar-refractivity contribution >= 4 is 11.6 Å². The number of aryl methyl sites for hydroxylation is 4. The molecule has 0 unspecified atom stereocenters. The van der Waals surface area contributed by atoms with Crippen LogP contribution in [-0.2, 0) is 11.3 Å². The molecular weight excluding hydrogens is 338 g/mol. The van der Waals surface area contributed by atoms with Gasteiger partial charge in [-0.3, -0.25) is 9.59 Å². The summed E-state index contributed by atoms with van der Waals surface area (Å²) in [5.74, 6) is -0.283. The van der Waals surface area contributed by atoms with E-state index >= 15 is 0 Å². The van der Waals surface area contributed by atoms with Gasteiger partial charge in [0.2, 0.25) is 5.91 Å². The summed E-state index contributed by atoms with van der Waals surface area (Å²) >= 11 is 0. The molecule has 0 fully saturated rings. The fourth-order valence-corrected chi connectivity index (χ4v) is 3.00. The van der Waals surface area contributed by atoms with Crippen molar-refractivity contribution in [2.45, 2.75) is 34.2 Å². The van der Waals surface area contributed by atoms with Gasteiger partial charge in [-0.05, 0) is 57.0 Å². The van der Waals surface area contributed by atoms with Crippen molar-refractivity contribution in [3.8, 4) is 11.3 Å². The number of rotatable bonds is 4. The third-order valence-electron chi connectivity index (χ3n) is 4.49. The number of hydrogen-bond donors (Lipinski definition) is 1. The van der Waals surface area contributed by atoms with Gasteiger partial charge in [0.1, 0.15) is 6.54 Å². The van der Waals surface area contributed by atoms with Gasteiger partial charge in [0.05, 0.1) is 5.69 Å². The Morgan fingerprint density at radius 2 is 1.63 bits per heavy atom. The number of anilines is 1. The minimum Gasteiger partial charge on any atom is -0.324 e. The molecular formula is C22H23N3O2. The first kappa shape index (κ1) is 18.6. The molecule has 138 valence electrons. The second kappa shape index (κ2) is 7.58. The highest BCUT2D eigenvalue weighted by Gasteiger charge is 2.11. The number of nitrogens with one attached hydrogen (secondary N) is 1. The molecule has 0 spiro atoms. The Morgan fingerprint density at radius 1 is 0.926 bits per heavy atom. The molecule has 0 aliphatic carbocycles. The van der Waals surface area contributed by atoms with Gasteiger partial charge in [-0.15, -0.1) is 0 Å². The van der Waals surface area contributed by atoms with Gasteiger partial charge in [-0.2, -0.15) is 5.10 Å². The van der Waals surface area contributed by atoms with Crippen molar-refractivity contribution in [2.24, 2.45) is 0 Å². The van der Waals surface area contributed by atoms with Gasteiger partial charge in [0.25, 0.3) is 5.56 Å². The van der Waals surface area contributed by atoms with Crippen LogP contribution in [0.4, 0.5) is 5.69 Å². The third kappa shape index (κ3) is 4.31. The van der Waals surface area contributed by atoms with Crippen molar-refractivity contribution < 1.29 is 4.79 Å². The van der Waals surface area contributed by atoms with Crippen LogP contribution in [0.5, 0.6) is 0 Å². The Morgan fingerprint density at radius 3 is 2.37 bits per heavy atom. The highest BCUT2D eigenvalue weighted by Crippen LogP contribution is 2.21. The molecule has 5 nitrogen and oxygen atoms in total. The summed E-state index contributed by atoms with van der Waals surface area (Å²) < 4.78 is 1.20. The summed E-state index contributed by atoms with van der Waals surface area (Å²) in [6.07, 6.45) is 0. The van der Waals surface area contributed by atoms with Crippen molar-refractivity contribution in [1.82, 2.24) is 9.78 Å². The first-order valence-electron chi connectivity index (χ1n) is 8.86.